The van der Waals surface area contributed by atoms with Gasteiger partial charge in [0, 0.05) is 13.6 Å². The monoisotopic (exact) mass is 392 g/mol. The summed E-state index contributed by atoms with van der Waals surface area (Å²) in [6, 6.07) is 6.86. The van der Waals surface area contributed by atoms with Gasteiger partial charge in [0.25, 0.3) is 5.91 Å². The molecule has 3 rings (SSSR count). The minimum atomic E-state index is -4.47. The van der Waals surface area contributed by atoms with Gasteiger partial charge in [-0.05, 0) is 31.5 Å². The van der Waals surface area contributed by atoms with Gasteiger partial charge in [-0.3, -0.25) is 9.48 Å². The fourth-order valence-electron chi connectivity index (χ4n) is 3.32. The van der Waals surface area contributed by atoms with E-state index in [0.717, 1.165) is 12.1 Å². The lowest BCUT2D eigenvalue weighted by Gasteiger charge is -2.43. The molecule has 1 aliphatic heterocycles. The topological polar surface area (TPSA) is 71.2 Å². The van der Waals surface area contributed by atoms with E-state index in [4.69, 9.17) is 4.74 Å². The van der Waals surface area contributed by atoms with Crippen molar-refractivity contribution in [3.8, 4) is 6.07 Å². The number of rotatable bonds is 2. The highest BCUT2D eigenvalue weighted by Crippen LogP contribution is 2.35. The second-order valence-electron chi connectivity index (χ2n) is 7.32. The zero-order valence-corrected chi connectivity index (χ0v) is 15.6. The number of nitriles is 1. The van der Waals surface area contributed by atoms with E-state index in [2.05, 4.69) is 5.10 Å². The van der Waals surface area contributed by atoms with Crippen LogP contribution in [0.25, 0.3) is 0 Å². The standard InChI is InChI=1S/C19H19F3N4O2/c1-18(2)11-26(17(27)14-9-24-25(3)15(14)8-23)10-16(28-18)12-5-4-6-13(7-12)19(20,21)22/h4-7,9,16H,10-11H2,1-3H3. The Labute approximate surface area is 160 Å². The van der Waals surface area contributed by atoms with Crippen molar-refractivity contribution in [3.05, 3.63) is 52.8 Å². The molecule has 148 valence electrons. The van der Waals surface area contributed by atoms with Crippen LogP contribution in [0.5, 0.6) is 0 Å². The van der Waals surface area contributed by atoms with Gasteiger partial charge in [-0.15, -0.1) is 0 Å². The molecule has 1 aromatic carbocycles. The molecule has 1 atom stereocenters. The highest BCUT2D eigenvalue weighted by Gasteiger charge is 2.38. The van der Waals surface area contributed by atoms with Crippen molar-refractivity contribution in [2.45, 2.75) is 31.7 Å². The molecule has 1 aromatic heterocycles. The van der Waals surface area contributed by atoms with Crippen LogP contribution in [0.3, 0.4) is 0 Å². The molecule has 0 saturated carbocycles. The molecule has 2 aromatic rings. The van der Waals surface area contributed by atoms with Gasteiger partial charge in [-0.2, -0.15) is 23.5 Å². The van der Waals surface area contributed by atoms with Crippen molar-refractivity contribution in [1.29, 1.82) is 5.26 Å². The summed E-state index contributed by atoms with van der Waals surface area (Å²) in [7, 11) is 1.56. The second kappa shape index (κ2) is 6.95. The average Bonchev–Trinajstić information content (AvgIpc) is 2.99. The van der Waals surface area contributed by atoms with Crippen molar-refractivity contribution in [2.24, 2.45) is 7.05 Å². The van der Waals surface area contributed by atoms with Crippen LogP contribution in [0.4, 0.5) is 13.2 Å². The first-order valence-corrected chi connectivity index (χ1v) is 8.58. The molecular formula is C19H19F3N4O2. The molecule has 6 nitrogen and oxygen atoms in total. The first-order chi connectivity index (χ1) is 13.0. The Kier molecular flexibility index (Phi) is 4.93. The predicted octanol–water partition coefficient (Wildman–Crippen LogP) is 3.30. The number of carbonyl (C=O) groups excluding carboxylic acids is 1. The van der Waals surface area contributed by atoms with Gasteiger partial charge in [0.05, 0.1) is 29.5 Å². The predicted molar refractivity (Wildman–Crippen MR) is 93.2 cm³/mol. The van der Waals surface area contributed by atoms with Gasteiger partial charge in [0.2, 0.25) is 0 Å². The zero-order chi connectivity index (χ0) is 20.7. The van der Waals surface area contributed by atoms with Crippen LogP contribution in [-0.4, -0.2) is 39.3 Å². The van der Waals surface area contributed by atoms with Crippen LogP contribution in [0, 0.1) is 11.3 Å². The van der Waals surface area contributed by atoms with E-state index in [9.17, 15) is 23.2 Å². The van der Waals surface area contributed by atoms with E-state index >= 15 is 0 Å². The van der Waals surface area contributed by atoms with Crippen molar-refractivity contribution in [2.75, 3.05) is 13.1 Å². The number of ether oxygens (including phenoxy) is 1. The highest BCUT2D eigenvalue weighted by molar-refractivity contribution is 5.96. The van der Waals surface area contributed by atoms with Gasteiger partial charge < -0.3 is 9.64 Å². The lowest BCUT2D eigenvalue weighted by Crippen LogP contribution is -2.51. The molecule has 0 spiro atoms. The van der Waals surface area contributed by atoms with Gasteiger partial charge in [-0.25, -0.2) is 0 Å². The van der Waals surface area contributed by atoms with Crippen LogP contribution in [-0.2, 0) is 18.0 Å². The van der Waals surface area contributed by atoms with E-state index in [-0.39, 0.29) is 24.3 Å². The number of halogens is 3. The molecule has 9 heteroatoms. The first-order valence-electron chi connectivity index (χ1n) is 8.58. The summed E-state index contributed by atoms with van der Waals surface area (Å²) in [6.45, 7) is 3.84. The molecule has 0 aliphatic carbocycles. The third-order valence-corrected chi connectivity index (χ3v) is 4.57. The fourth-order valence-corrected chi connectivity index (χ4v) is 3.32. The number of aromatic nitrogens is 2. The van der Waals surface area contributed by atoms with E-state index in [1.54, 1.807) is 27.0 Å². The maximum atomic E-state index is 13.1. The molecule has 1 fully saturated rings. The summed E-state index contributed by atoms with van der Waals surface area (Å²) in [5, 5.41) is 13.2. The van der Waals surface area contributed by atoms with Gasteiger partial charge in [0.15, 0.2) is 5.69 Å². The van der Waals surface area contributed by atoms with E-state index in [1.807, 2.05) is 6.07 Å². The molecule has 1 amide bonds. The van der Waals surface area contributed by atoms with Crippen molar-refractivity contribution in [1.82, 2.24) is 14.7 Å². The minimum Gasteiger partial charge on any atom is -0.364 e. The van der Waals surface area contributed by atoms with Crippen LogP contribution in [0.2, 0.25) is 0 Å². The number of nitrogens with zero attached hydrogens (tertiary/aromatic N) is 4. The maximum Gasteiger partial charge on any atom is 0.416 e. The molecule has 1 saturated heterocycles. The van der Waals surface area contributed by atoms with Crippen LogP contribution >= 0.6 is 0 Å². The Hall–Kier alpha value is -2.86. The smallest absolute Gasteiger partial charge is 0.364 e. The fraction of sp³-hybridized carbons (Fsp3) is 0.421. The maximum absolute atomic E-state index is 13.1. The molecule has 2 heterocycles. The number of alkyl halides is 3. The lowest BCUT2D eigenvalue weighted by molar-refractivity contribution is -0.138. The molecular weight excluding hydrogens is 373 g/mol. The number of hydrogen-bond donors (Lipinski definition) is 0. The zero-order valence-electron chi connectivity index (χ0n) is 15.6. The summed E-state index contributed by atoms with van der Waals surface area (Å²) in [6.07, 6.45) is -3.87. The molecule has 28 heavy (non-hydrogen) atoms. The molecule has 0 bridgehead atoms. The van der Waals surface area contributed by atoms with E-state index < -0.39 is 29.4 Å². The van der Waals surface area contributed by atoms with Gasteiger partial charge >= 0.3 is 6.18 Å². The first kappa shape index (κ1) is 19.9. The van der Waals surface area contributed by atoms with E-state index in [1.165, 1.54) is 21.8 Å². The molecule has 0 N–H and O–H groups in total. The molecule has 0 radical (unpaired) electrons. The number of aryl methyl sites for hydroxylation is 1. The Balaban J connectivity index is 1.92. The largest absolute Gasteiger partial charge is 0.416 e. The van der Waals surface area contributed by atoms with Crippen LogP contribution in [0.15, 0.2) is 30.5 Å². The normalized spacial score (nSPS) is 19.3. The van der Waals surface area contributed by atoms with Crippen LogP contribution in [0.1, 0.15) is 47.1 Å². The lowest BCUT2D eigenvalue weighted by atomic mass is 9.99. The highest BCUT2D eigenvalue weighted by atomic mass is 19.4. The summed E-state index contributed by atoms with van der Waals surface area (Å²) < 4.78 is 46.4. The van der Waals surface area contributed by atoms with Crippen LogP contribution < -0.4 is 0 Å². The van der Waals surface area contributed by atoms with Gasteiger partial charge in [0.1, 0.15) is 12.2 Å². The number of morpholine rings is 1. The van der Waals surface area contributed by atoms with Gasteiger partial charge in [-0.1, -0.05) is 12.1 Å². The Bertz CT molecular complexity index is 943. The Morgan fingerprint density at radius 2 is 2.11 bits per heavy atom. The molecule has 1 unspecified atom stereocenters. The number of amides is 1. The van der Waals surface area contributed by atoms with E-state index in [0.29, 0.717) is 5.56 Å². The second-order valence-corrected chi connectivity index (χ2v) is 7.32. The average molecular weight is 392 g/mol. The number of benzene rings is 1. The molecule has 1 aliphatic rings. The minimum absolute atomic E-state index is 0.0728. The number of hydrogen-bond acceptors (Lipinski definition) is 4. The summed E-state index contributed by atoms with van der Waals surface area (Å²) in [5.74, 6) is -0.405. The summed E-state index contributed by atoms with van der Waals surface area (Å²) >= 11 is 0. The number of carbonyl (C=O) groups is 1. The van der Waals surface area contributed by atoms with Crippen molar-refractivity contribution in [3.63, 3.8) is 0 Å². The Morgan fingerprint density at radius 3 is 2.75 bits per heavy atom. The third-order valence-electron chi connectivity index (χ3n) is 4.57. The SMILES string of the molecule is Cn1ncc(C(=O)N2CC(c3cccc(C(F)(F)F)c3)OC(C)(C)C2)c1C#N. The third kappa shape index (κ3) is 3.87. The Morgan fingerprint density at radius 1 is 1.39 bits per heavy atom. The van der Waals surface area contributed by atoms with Crippen molar-refractivity contribution < 1.29 is 22.7 Å². The quantitative estimate of drug-likeness (QED) is 0.786. The summed E-state index contributed by atoms with van der Waals surface area (Å²) in [5.41, 5.74) is -0.918. The van der Waals surface area contributed by atoms with Crippen molar-refractivity contribution >= 4 is 5.91 Å². The summed E-state index contributed by atoms with van der Waals surface area (Å²) in [4.78, 5) is 14.5.